The number of rotatable bonds is 0. The molecule has 0 aliphatic carbocycles. The second-order valence-electron chi connectivity index (χ2n) is 2.35. The van der Waals surface area contributed by atoms with Gasteiger partial charge in [-0.25, -0.2) is 4.98 Å². The van der Waals surface area contributed by atoms with Crippen molar-refractivity contribution in [1.29, 1.82) is 5.26 Å². The SMILES string of the molecule is N#Cc1ccc2c(n1)CCO2. The van der Waals surface area contributed by atoms with Crippen molar-refractivity contribution >= 4 is 0 Å². The number of nitrogens with zero attached hydrogens (tertiary/aromatic N) is 2. The van der Waals surface area contributed by atoms with Gasteiger partial charge in [0.05, 0.1) is 12.3 Å². The predicted molar refractivity (Wildman–Crippen MR) is 38.2 cm³/mol. The lowest BCUT2D eigenvalue weighted by Crippen LogP contribution is -1.87. The zero-order valence-electron chi connectivity index (χ0n) is 5.87. The van der Waals surface area contributed by atoms with Gasteiger partial charge >= 0.3 is 0 Å². The first-order valence-corrected chi connectivity index (χ1v) is 3.43. The zero-order chi connectivity index (χ0) is 7.68. The number of hydrogen-bond acceptors (Lipinski definition) is 3. The first kappa shape index (κ1) is 6.17. The van der Waals surface area contributed by atoms with E-state index in [1.807, 2.05) is 6.07 Å². The van der Waals surface area contributed by atoms with Crippen molar-refractivity contribution in [2.75, 3.05) is 6.61 Å². The van der Waals surface area contributed by atoms with E-state index in [1.165, 1.54) is 0 Å². The van der Waals surface area contributed by atoms with Gasteiger partial charge in [0.1, 0.15) is 17.5 Å². The zero-order valence-corrected chi connectivity index (χ0v) is 5.87. The van der Waals surface area contributed by atoms with Crippen molar-refractivity contribution < 1.29 is 4.74 Å². The van der Waals surface area contributed by atoms with Crippen LogP contribution in [0, 0.1) is 11.3 Å². The van der Waals surface area contributed by atoms with Crippen LogP contribution < -0.4 is 4.74 Å². The van der Waals surface area contributed by atoms with E-state index in [4.69, 9.17) is 10.00 Å². The van der Waals surface area contributed by atoms with Crippen LogP contribution >= 0.6 is 0 Å². The lowest BCUT2D eigenvalue weighted by atomic mass is 10.2. The van der Waals surface area contributed by atoms with Crippen LogP contribution in [0.15, 0.2) is 12.1 Å². The van der Waals surface area contributed by atoms with Gasteiger partial charge in [-0.1, -0.05) is 0 Å². The molecule has 0 spiro atoms. The third kappa shape index (κ3) is 0.926. The van der Waals surface area contributed by atoms with Crippen LogP contribution in [0.4, 0.5) is 0 Å². The minimum Gasteiger partial charge on any atom is -0.491 e. The van der Waals surface area contributed by atoms with E-state index >= 15 is 0 Å². The fourth-order valence-electron chi connectivity index (χ4n) is 1.12. The minimum absolute atomic E-state index is 0.467. The summed E-state index contributed by atoms with van der Waals surface area (Å²) in [5, 5.41) is 8.52. The number of ether oxygens (including phenoxy) is 1. The first-order valence-electron chi connectivity index (χ1n) is 3.43. The molecule has 2 rings (SSSR count). The second kappa shape index (κ2) is 2.24. The van der Waals surface area contributed by atoms with Crippen molar-refractivity contribution in [2.24, 2.45) is 0 Å². The van der Waals surface area contributed by atoms with E-state index in [0.717, 1.165) is 17.9 Å². The number of fused-ring (bicyclic) bond motifs is 1. The van der Waals surface area contributed by atoms with Gasteiger partial charge < -0.3 is 4.74 Å². The van der Waals surface area contributed by atoms with E-state index < -0.39 is 0 Å². The van der Waals surface area contributed by atoms with Gasteiger partial charge in [-0.05, 0) is 12.1 Å². The monoisotopic (exact) mass is 146 g/mol. The van der Waals surface area contributed by atoms with E-state index in [9.17, 15) is 0 Å². The molecular formula is C8H6N2O. The molecule has 0 bridgehead atoms. The third-order valence-electron chi connectivity index (χ3n) is 1.64. The lowest BCUT2D eigenvalue weighted by molar-refractivity contribution is 0.357. The van der Waals surface area contributed by atoms with E-state index in [1.54, 1.807) is 12.1 Å². The Kier molecular flexibility index (Phi) is 1.26. The molecule has 0 fully saturated rings. The largest absolute Gasteiger partial charge is 0.491 e. The summed E-state index contributed by atoms with van der Waals surface area (Å²) in [6.07, 6.45) is 0.824. The fraction of sp³-hybridized carbons (Fsp3) is 0.250. The third-order valence-corrected chi connectivity index (χ3v) is 1.64. The van der Waals surface area contributed by atoms with Gasteiger partial charge in [0, 0.05) is 6.42 Å². The molecule has 11 heavy (non-hydrogen) atoms. The molecule has 1 aromatic rings. The molecule has 3 heteroatoms. The highest BCUT2D eigenvalue weighted by Gasteiger charge is 2.12. The van der Waals surface area contributed by atoms with E-state index in [2.05, 4.69) is 4.98 Å². The topological polar surface area (TPSA) is 45.9 Å². The van der Waals surface area contributed by atoms with Crippen LogP contribution in [0.25, 0.3) is 0 Å². The first-order chi connectivity index (χ1) is 5.40. The molecule has 54 valence electrons. The van der Waals surface area contributed by atoms with Gasteiger partial charge in [-0.3, -0.25) is 0 Å². The van der Waals surface area contributed by atoms with Crippen molar-refractivity contribution in [2.45, 2.75) is 6.42 Å². The van der Waals surface area contributed by atoms with Gasteiger partial charge in [0.25, 0.3) is 0 Å². The number of nitriles is 1. The fourth-order valence-corrected chi connectivity index (χ4v) is 1.12. The van der Waals surface area contributed by atoms with Crippen LogP contribution in [0.5, 0.6) is 5.75 Å². The molecule has 0 atom stereocenters. The number of pyridine rings is 1. The molecule has 2 heterocycles. The van der Waals surface area contributed by atoms with Gasteiger partial charge in [-0.2, -0.15) is 5.26 Å². The molecule has 0 N–H and O–H groups in total. The summed E-state index contributed by atoms with van der Waals surface area (Å²) in [5.74, 6) is 0.823. The molecule has 0 saturated carbocycles. The Morgan fingerprint density at radius 2 is 2.45 bits per heavy atom. The normalized spacial score (nSPS) is 13.4. The Morgan fingerprint density at radius 3 is 3.27 bits per heavy atom. The Bertz CT molecular complexity index is 327. The maximum absolute atomic E-state index is 8.52. The summed E-state index contributed by atoms with van der Waals surface area (Å²) in [6.45, 7) is 0.692. The average Bonchev–Trinajstić information content (AvgIpc) is 2.50. The summed E-state index contributed by atoms with van der Waals surface area (Å²) >= 11 is 0. The summed E-state index contributed by atoms with van der Waals surface area (Å²) in [7, 11) is 0. The highest BCUT2D eigenvalue weighted by molar-refractivity contribution is 5.35. The summed E-state index contributed by atoms with van der Waals surface area (Å²) in [5.41, 5.74) is 1.37. The van der Waals surface area contributed by atoms with Crippen molar-refractivity contribution in [3.05, 3.63) is 23.5 Å². The lowest BCUT2D eigenvalue weighted by Gasteiger charge is -1.95. The molecule has 1 aliphatic heterocycles. The molecule has 0 aromatic carbocycles. The summed E-state index contributed by atoms with van der Waals surface area (Å²) in [6, 6.07) is 5.46. The molecule has 1 aliphatic rings. The smallest absolute Gasteiger partial charge is 0.141 e. The van der Waals surface area contributed by atoms with E-state index in [0.29, 0.717) is 12.3 Å². The standard InChI is InChI=1S/C8H6N2O/c9-5-6-1-2-8-7(10-6)3-4-11-8/h1-2H,3-4H2. The quantitative estimate of drug-likeness (QED) is 0.546. The molecular weight excluding hydrogens is 140 g/mol. The van der Waals surface area contributed by atoms with E-state index in [-0.39, 0.29) is 0 Å². The molecule has 0 radical (unpaired) electrons. The van der Waals surface area contributed by atoms with Crippen LogP contribution in [0.2, 0.25) is 0 Å². The molecule has 0 amide bonds. The van der Waals surface area contributed by atoms with Crippen LogP contribution in [0.3, 0.4) is 0 Å². The molecule has 1 aromatic heterocycles. The maximum atomic E-state index is 8.52. The Balaban J connectivity index is 2.51. The highest BCUT2D eigenvalue weighted by Crippen LogP contribution is 2.22. The number of aromatic nitrogens is 1. The highest BCUT2D eigenvalue weighted by atomic mass is 16.5. The van der Waals surface area contributed by atoms with Crippen LogP contribution in [0.1, 0.15) is 11.4 Å². The van der Waals surface area contributed by atoms with Crippen LogP contribution in [-0.2, 0) is 6.42 Å². The predicted octanol–water partition coefficient (Wildman–Crippen LogP) is 0.888. The van der Waals surface area contributed by atoms with Crippen molar-refractivity contribution in [3.63, 3.8) is 0 Å². The van der Waals surface area contributed by atoms with Crippen molar-refractivity contribution in [1.82, 2.24) is 4.98 Å². The maximum Gasteiger partial charge on any atom is 0.141 e. The summed E-state index contributed by atoms with van der Waals surface area (Å²) < 4.78 is 5.23. The molecule has 0 saturated heterocycles. The second-order valence-corrected chi connectivity index (χ2v) is 2.35. The van der Waals surface area contributed by atoms with Gasteiger partial charge in [-0.15, -0.1) is 0 Å². The molecule has 3 nitrogen and oxygen atoms in total. The van der Waals surface area contributed by atoms with Gasteiger partial charge in [0.15, 0.2) is 0 Å². The van der Waals surface area contributed by atoms with Crippen molar-refractivity contribution in [3.8, 4) is 11.8 Å². The molecule has 0 unspecified atom stereocenters. The van der Waals surface area contributed by atoms with Crippen LogP contribution in [-0.4, -0.2) is 11.6 Å². The van der Waals surface area contributed by atoms with Gasteiger partial charge in [0.2, 0.25) is 0 Å². The summed E-state index contributed by atoms with van der Waals surface area (Å²) in [4.78, 5) is 4.09. The Labute approximate surface area is 64.2 Å². The average molecular weight is 146 g/mol. The Hall–Kier alpha value is -1.56. The minimum atomic E-state index is 0.467. The number of hydrogen-bond donors (Lipinski definition) is 0. The Morgan fingerprint density at radius 1 is 1.55 bits per heavy atom.